The molecule has 2 aromatic rings. The highest BCUT2D eigenvalue weighted by Gasteiger charge is 2.16. The van der Waals surface area contributed by atoms with Crippen LogP contribution in [0.15, 0.2) is 36.8 Å². The Morgan fingerprint density at radius 1 is 1.37 bits per heavy atom. The molecule has 0 atom stereocenters. The highest BCUT2D eigenvalue weighted by Crippen LogP contribution is 2.16. The van der Waals surface area contributed by atoms with Crippen molar-refractivity contribution in [2.75, 3.05) is 0 Å². The van der Waals surface area contributed by atoms with E-state index in [1.807, 2.05) is 13.8 Å². The van der Waals surface area contributed by atoms with Crippen molar-refractivity contribution in [2.45, 2.75) is 20.0 Å². The lowest BCUT2D eigenvalue weighted by Gasteiger charge is -2.09. The topological polar surface area (TPSA) is 52.1 Å². The molecule has 2 heterocycles. The van der Waals surface area contributed by atoms with E-state index >= 15 is 0 Å². The maximum Gasteiger partial charge on any atom is 0.216 e. The second kappa shape index (κ2) is 5.56. The molecule has 0 saturated heterocycles. The number of carbonyl (C=O) groups excluding carboxylic acids is 1. The van der Waals surface area contributed by atoms with Gasteiger partial charge in [-0.2, -0.15) is 0 Å². The summed E-state index contributed by atoms with van der Waals surface area (Å²) >= 11 is 0. The lowest BCUT2D eigenvalue weighted by Crippen LogP contribution is -2.09. The second-order valence-electron chi connectivity index (χ2n) is 4.24. The Bertz CT molecular complexity index is 600. The lowest BCUT2D eigenvalue weighted by atomic mass is 10.1. The first kappa shape index (κ1) is 13.1. The summed E-state index contributed by atoms with van der Waals surface area (Å²) < 4.78 is 18.9. The molecule has 4 nitrogen and oxygen atoms in total. The molecule has 0 amide bonds. The number of nitrogens with zero attached hydrogens (tertiary/aromatic N) is 2. The monoisotopic (exact) mass is 260 g/mol. The number of hydrogen-bond acceptors (Lipinski definition) is 4. The summed E-state index contributed by atoms with van der Waals surface area (Å²) in [6.45, 7) is 3.74. The zero-order chi connectivity index (χ0) is 13.8. The van der Waals surface area contributed by atoms with Gasteiger partial charge in [-0.15, -0.1) is 0 Å². The van der Waals surface area contributed by atoms with Crippen molar-refractivity contribution in [3.63, 3.8) is 0 Å². The molecule has 0 aliphatic heterocycles. The number of ether oxygens (including phenoxy) is 1. The molecule has 2 aromatic heterocycles. The highest BCUT2D eigenvalue weighted by molar-refractivity contribution is 6.07. The number of aromatic nitrogens is 2. The molecule has 0 aliphatic carbocycles. The summed E-state index contributed by atoms with van der Waals surface area (Å²) in [5.74, 6) is -0.695. The van der Waals surface area contributed by atoms with Crippen molar-refractivity contribution >= 4 is 5.78 Å². The van der Waals surface area contributed by atoms with E-state index in [1.165, 1.54) is 36.8 Å². The van der Waals surface area contributed by atoms with E-state index in [0.29, 0.717) is 5.75 Å². The van der Waals surface area contributed by atoms with E-state index in [4.69, 9.17) is 4.74 Å². The summed E-state index contributed by atoms with van der Waals surface area (Å²) in [7, 11) is 0. The van der Waals surface area contributed by atoms with Crippen LogP contribution in [0.5, 0.6) is 5.75 Å². The molecular formula is C14H13FN2O2. The predicted molar refractivity (Wildman–Crippen MR) is 67.6 cm³/mol. The van der Waals surface area contributed by atoms with Crippen LogP contribution in [-0.4, -0.2) is 21.9 Å². The Hall–Kier alpha value is -2.30. The quantitative estimate of drug-likeness (QED) is 0.793. The van der Waals surface area contributed by atoms with Gasteiger partial charge in [-0.25, -0.2) is 9.37 Å². The SMILES string of the molecule is CC(C)Oc1cncc(C(=O)c2ncccc2F)c1. The van der Waals surface area contributed by atoms with Gasteiger partial charge in [0, 0.05) is 18.0 Å². The van der Waals surface area contributed by atoms with Gasteiger partial charge in [-0.3, -0.25) is 9.78 Å². The number of ketones is 1. The fourth-order valence-electron chi connectivity index (χ4n) is 1.57. The fourth-order valence-corrected chi connectivity index (χ4v) is 1.57. The Kier molecular flexibility index (Phi) is 3.85. The lowest BCUT2D eigenvalue weighted by molar-refractivity contribution is 0.102. The molecule has 19 heavy (non-hydrogen) atoms. The Morgan fingerprint density at radius 2 is 2.16 bits per heavy atom. The summed E-state index contributed by atoms with van der Waals surface area (Å²) in [5.41, 5.74) is 0.0294. The molecule has 0 N–H and O–H groups in total. The largest absolute Gasteiger partial charge is 0.489 e. The Morgan fingerprint density at radius 3 is 2.84 bits per heavy atom. The maximum absolute atomic E-state index is 13.5. The van der Waals surface area contributed by atoms with E-state index in [1.54, 1.807) is 0 Å². The van der Waals surface area contributed by atoms with Gasteiger partial charge in [0.1, 0.15) is 11.4 Å². The standard InChI is InChI=1S/C14H13FN2O2/c1-9(2)19-11-6-10(7-16-8-11)14(18)13-12(15)4-3-5-17-13/h3-9H,1-2H3. The molecule has 0 radical (unpaired) electrons. The molecule has 0 unspecified atom stereocenters. The summed E-state index contributed by atoms with van der Waals surface area (Å²) in [4.78, 5) is 19.8. The smallest absolute Gasteiger partial charge is 0.216 e. The van der Waals surface area contributed by atoms with Gasteiger partial charge in [0.25, 0.3) is 0 Å². The number of hydrogen-bond donors (Lipinski definition) is 0. The third-order valence-electron chi connectivity index (χ3n) is 2.32. The van der Waals surface area contributed by atoms with Crippen molar-refractivity contribution in [3.8, 4) is 5.75 Å². The second-order valence-corrected chi connectivity index (χ2v) is 4.24. The van der Waals surface area contributed by atoms with Gasteiger partial charge < -0.3 is 4.74 Å². The minimum absolute atomic E-state index is 0.0289. The zero-order valence-corrected chi connectivity index (χ0v) is 10.6. The van der Waals surface area contributed by atoms with Crippen LogP contribution in [0.3, 0.4) is 0 Å². The van der Waals surface area contributed by atoms with Gasteiger partial charge >= 0.3 is 0 Å². The van der Waals surface area contributed by atoms with Crippen molar-refractivity contribution < 1.29 is 13.9 Å². The molecule has 98 valence electrons. The van der Waals surface area contributed by atoms with Crippen LogP contribution in [-0.2, 0) is 0 Å². The van der Waals surface area contributed by atoms with Crippen molar-refractivity contribution in [1.29, 1.82) is 0 Å². The first-order valence-electron chi connectivity index (χ1n) is 5.85. The van der Waals surface area contributed by atoms with E-state index in [2.05, 4.69) is 9.97 Å². The molecule has 2 rings (SSSR count). The predicted octanol–water partition coefficient (Wildman–Crippen LogP) is 2.63. The van der Waals surface area contributed by atoms with Gasteiger partial charge in [0.15, 0.2) is 5.82 Å². The van der Waals surface area contributed by atoms with Crippen LogP contribution in [0.1, 0.15) is 29.9 Å². The summed E-state index contributed by atoms with van der Waals surface area (Å²) in [6, 6.07) is 4.16. The van der Waals surface area contributed by atoms with Crippen LogP contribution >= 0.6 is 0 Å². The van der Waals surface area contributed by atoms with Gasteiger partial charge in [-0.05, 0) is 32.0 Å². The fraction of sp³-hybridized carbons (Fsp3) is 0.214. The molecule has 0 aliphatic rings. The minimum atomic E-state index is -0.650. The zero-order valence-electron chi connectivity index (χ0n) is 10.6. The van der Waals surface area contributed by atoms with E-state index in [0.717, 1.165) is 0 Å². The van der Waals surface area contributed by atoms with Gasteiger partial charge in [-0.1, -0.05) is 0 Å². The maximum atomic E-state index is 13.5. The van der Waals surface area contributed by atoms with Crippen molar-refractivity contribution in [1.82, 2.24) is 9.97 Å². The Balaban J connectivity index is 2.32. The summed E-state index contributed by atoms with van der Waals surface area (Å²) in [5, 5.41) is 0. The van der Waals surface area contributed by atoms with Crippen LogP contribution in [0.2, 0.25) is 0 Å². The van der Waals surface area contributed by atoms with Crippen molar-refractivity contribution in [2.24, 2.45) is 0 Å². The van der Waals surface area contributed by atoms with Gasteiger partial charge in [0.2, 0.25) is 5.78 Å². The van der Waals surface area contributed by atoms with Gasteiger partial charge in [0.05, 0.1) is 12.3 Å². The first-order chi connectivity index (χ1) is 9.08. The third kappa shape index (κ3) is 3.13. The van der Waals surface area contributed by atoms with Crippen LogP contribution in [0.4, 0.5) is 4.39 Å². The number of carbonyl (C=O) groups is 1. The summed E-state index contributed by atoms with van der Waals surface area (Å²) in [6.07, 6.45) is 4.21. The minimum Gasteiger partial charge on any atom is -0.489 e. The first-order valence-corrected chi connectivity index (χ1v) is 5.85. The van der Waals surface area contributed by atoms with Crippen LogP contribution in [0, 0.1) is 5.82 Å². The number of halogens is 1. The van der Waals surface area contributed by atoms with Crippen molar-refractivity contribution in [3.05, 3.63) is 53.9 Å². The molecule has 0 spiro atoms. The molecule has 0 saturated carbocycles. The number of rotatable bonds is 4. The van der Waals surface area contributed by atoms with E-state index < -0.39 is 11.6 Å². The molecule has 0 fully saturated rings. The van der Waals surface area contributed by atoms with Crippen LogP contribution in [0.25, 0.3) is 0 Å². The number of pyridine rings is 2. The average Bonchev–Trinajstić information content (AvgIpc) is 2.38. The normalized spacial score (nSPS) is 10.5. The third-order valence-corrected chi connectivity index (χ3v) is 2.32. The highest BCUT2D eigenvalue weighted by atomic mass is 19.1. The van der Waals surface area contributed by atoms with E-state index in [-0.39, 0.29) is 17.4 Å². The Labute approximate surface area is 110 Å². The molecule has 5 heteroatoms. The van der Waals surface area contributed by atoms with E-state index in [9.17, 15) is 9.18 Å². The average molecular weight is 260 g/mol. The molecular weight excluding hydrogens is 247 g/mol. The molecule has 0 aromatic carbocycles. The van der Waals surface area contributed by atoms with Crippen LogP contribution < -0.4 is 4.74 Å². The molecule has 0 bridgehead atoms.